The van der Waals surface area contributed by atoms with E-state index in [0.29, 0.717) is 30.9 Å². The highest BCUT2D eigenvalue weighted by Gasteiger charge is 2.35. The third-order valence-corrected chi connectivity index (χ3v) is 8.12. The Morgan fingerprint density at radius 3 is 2.47 bits per heavy atom. The number of carbonyl (C=O) groups excluding carboxylic acids is 2. The lowest BCUT2D eigenvalue weighted by Gasteiger charge is -2.33. The molecule has 32 heavy (non-hydrogen) atoms. The van der Waals surface area contributed by atoms with Crippen molar-refractivity contribution in [3.8, 4) is 11.5 Å². The highest BCUT2D eigenvalue weighted by atomic mass is 32.2. The van der Waals surface area contributed by atoms with Gasteiger partial charge in [-0.1, -0.05) is 0 Å². The van der Waals surface area contributed by atoms with E-state index in [0.717, 1.165) is 32.4 Å². The van der Waals surface area contributed by atoms with Gasteiger partial charge in [-0.25, -0.2) is 8.42 Å². The molecule has 1 amide bonds. The number of ether oxygens (including phenoxy) is 3. The maximum atomic E-state index is 13.1. The average Bonchev–Trinajstić information content (AvgIpc) is 2.83. The van der Waals surface area contributed by atoms with Crippen molar-refractivity contribution in [2.75, 3.05) is 39.4 Å². The monoisotopic (exact) mass is 466 g/mol. The van der Waals surface area contributed by atoms with Crippen LogP contribution in [0.15, 0.2) is 23.1 Å². The minimum absolute atomic E-state index is 0.0523. The summed E-state index contributed by atoms with van der Waals surface area (Å²) in [6.07, 6.45) is 3.27. The van der Waals surface area contributed by atoms with Gasteiger partial charge in [-0.2, -0.15) is 4.31 Å². The summed E-state index contributed by atoms with van der Waals surface area (Å²) in [5, 5.41) is 0. The Morgan fingerprint density at radius 1 is 1.06 bits per heavy atom. The third-order valence-electron chi connectivity index (χ3n) is 6.23. The zero-order valence-electron chi connectivity index (χ0n) is 18.3. The molecular weight excluding hydrogens is 436 g/mol. The van der Waals surface area contributed by atoms with Crippen LogP contribution >= 0.6 is 0 Å². The lowest BCUT2D eigenvalue weighted by molar-refractivity contribution is -0.149. The van der Waals surface area contributed by atoms with E-state index in [2.05, 4.69) is 0 Å². The number of fused-ring (bicyclic) bond motifs is 1. The first kappa shape index (κ1) is 22.8. The van der Waals surface area contributed by atoms with E-state index in [1.165, 1.54) is 16.4 Å². The molecule has 176 valence electrons. The molecule has 0 N–H and O–H groups in total. The fraction of sp³-hybridized carbons (Fsp3) is 0.636. The van der Waals surface area contributed by atoms with Crippen molar-refractivity contribution in [3.05, 3.63) is 18.2 Å². The first-order chi connectivity index (χ1) is 15.4. The molecule has 1 atom stereocenters. The van der Waals surface area contributed by atoms with Crippen molar-refractivity contribution in [2.24, 2.45) is 5.92 Å². The van der Waals surface area contributed by atoms with E-state index in [-0.39, 0.29) is 42.4 Å². The van der Waals surface area contributed by atoms with E-state index in [9.17, 15) is 18.0 Å². The number of amides is 1. The molecule has 1 aromatic rings. The largest absolute Gasteiger partial charge is 0.485 e. The van der Waals surface area contributed by atoms with Gasteiger partial charge in [-0.3, -0.25) is 9.59 Å². The second-order valence-corrected chi connectivity index (χ2v) is 10.3. The number of rotatable bonds is 5. The molecular formula is C22H30N2O7S. The zero-order chi connectivity index (χ0) is 22.7. The molecule has 10 heteroatoms. The van der Waals surface area contributed by atoms with Crippen LogP contribution in [0.3, 0.4) is 0 Å². The normalized spacial score (nSPS) is 22.4. The van der Waals surface area contributed by atoms with Gasteiger partial charge in [0, 0.05) is 32.2 Å². The minimum atomic E-state index is -3.73. The summed E-state index contributed by atoms with van der Waals surface area (Å²) >= 11 is 0. The third kappa shape index (κ3) is 4.71. The van der Waals surface area contributed by atoms with Gasteiger partial charge >= 0.3 is 5.97 Å². The standard InChI is InChI=1S/C22H30N2O7S/c1-2-29-22(26)16-8-12-24(13-9-16)32(27,28)17-6-7-18-19(14-17)30-15-20(31-18)21(25)23-10-4-3-5-11-23/h6-7,14,16,20H,2-5,8-13,15H2,1H3/t20-/m1/s1. The summed E-state index contributed by atoms with van der Waals surface area (Å²) < 4.78 is 44.2. The fourth-order valence-corrected chi connectivity index (χ4v) is 5.88. The molecule has 3 aliphatic heterocycles. The molecule has 0 bridgehead atoms. The summed E-state index contributed by atoms with van der Waals surface area (Å²) in [6.45, 7) is 4.10. The van der Waals surface area contributed by atoms with Crippen molar-refractivity contribution >= 4 is 21.9 Å². The molecule has 2 fully saturated rings. The van der Waals surface area contributed by atoms with Crippen molar-refractivity contribution in [3.63, 3.8) is 0 Å². The maximum absolute atomic E-state index is 13.1. The number of likely N-dealkylation sites (tertiary alicyclic amines) is 1. The number of hydrogen-bond acceptors (Lipinski definition) is 7. The SMILES string of the molecule is CCOC(=O)C1CCN(S(=O)(=O)c2ccc3c(c2)OC[C@H](C(=O)N2CCCCC2)O3)CC1. The average molecular weight is 467 g/mol. The van der Waals surface area contributed by atoms with E-state index in [1.807, 2.05) is 0 Å². The van der Waals surface area contributed by atoms with Gasteiger partial charge in [-0.05, 0) is 51.2 Å². The Bertz CT molecular complexity index is 951. The van der Waals surface area contributed by atoms with Gasteiger partial charge < -0.3 is 19.1 Å². The second-order valence-electron chi connectivity index (χ2n) is 8.34. The lowest BCUT2D eigenvalue weighted by Crippen LogP contribution is -2.48. The first-order valence-corrected chi connectivity index (χ1v) is 12.7. The van der Waals surface area contributed by atoms with Crippen LogP contribution in [0.1, 0.15) is 39.0 Å². The number of esters is 1. The number of carbonyl (C=O) groups is 2. The van der Waals surface area contributed by atoms with Crippen LogP contribution in [0.2, 0.25) is 0 Å². The Kier molecular flexibility index (Phi) is 6.90. The number of nitrogens with zero attached hydrogens (tertiary/aromatic N) is 2. The van der Waals surface area contributed by atoms with Gasteiger partial charge in [0.05, 0.1) is 17.4 Å². The highest BCUT2D eigenvalue weighted by Crippen LogP contribution is 2.36. The summed E-state index contributed by atoms with van der Waals surface area (Å²) in [5.41, 5.74) is 0. The Morgan fingerprint density at radius 2 is 1.78 bits per heavy atom. The van der Waals surface area contributed by atoms with Crippen molar-refractivity contribution < 1.29 is 32.2 Å². The Labute approximate surface area is 188 Å². The van der Waals surface area contributed by atoms with E-state index < -0.39 is 16.1 Å². The highest BCUT2D eigenvalue weighted by molar-refractivity contribution is 7.89. The molecule has 2 saturated heterocycles. The predicted octanol–water partition coefficient (Wildman–Crippen LogP) is 1.80. The molecule has 0 aromatic heterocycles. The second kappa shape index (κ2) is 9.66. The van der Waals surface area contributed by atoms with Crippen LogP contribution in [0, 0.1) is 5.92 Å². The van der Waals surface area contributed by atoms with Crippen molar-refractivity contribution in [1.82, 2.24) is 9.21 Å². The molecule has 0 saturated carbocycles. The predicted molar refractivity (Wildman–Crippen MR) is 115 cm³/mol. The van der Waals surface area contributed by atoms with Crippen LogP contribution in [-0.4, -0.2) is 75.0 Å². The lowest BCUT2D eigenvalue weighted by atomic mass is 9.98. The molecule has 0 radical (unpaired) electrons. The first-order valence-electron chi connectivity index (χ1n) is 11.3. The number of hydrogen-bond donors (Lipinski definition) is 0. The summed E-state index contributed by atoms with van der Waals surface area (Å²) in [6, 6.07) is 4.47. The van der Waals surface area contributed by atoms with Gasteiger partial charge in [-0.15, -0.1) is 0 Å². The molecule has 9 nitrogen and oxygen atoms in total. The fourth-order valence-electron chi connectivity index (χ4n) is 4.39. The van der Waals surface area contributed by atoms with Crippen molar-refractivity contribution in [1.29, 1.82) is 0 Å². The summed E-state index contributed by atoms with van der Waals surface area (Å²) in [4.78, 5) is 26.5. The molecule has 1 aromatic carbocycles. The molecule has 3 heterocycles. The van der Waals surface area contributed by atoms with E-state index >= 15 is 0 Å². The van der Waals surface area contributed by atoms with Crippen molar-refractivity contribution in [2.45, 2.75) is 50.0 Å². The van der Waals surface area contributed by atoms with Crippen LogP contribution < -0.4 is 9.47 Å². The zero-order valence-corrected chi connectivity index (χ0v) is 19.1. The van der Waals surface area contributed by atoms with Crippen LogP contribution in [0.5, 0.6) is 11.5 Å². The number of benzene rings is 1. The number of piperidine rings is 2. The van der Waals surface area contributed by atoms with E-state index in [1.54, 1.807) is 17.9 Å². The van der Waals surface area contributed by atoms with Crippen LogP contribution in [0.4, 0.5) is 0 Å². The smallest absolute Gasteiger partial charge is 0.309 e. The van der Waals surface area contributed by atoms with Gasteiger partial charge in [0.1, 0.15) is 6.61 Å². The van der Waals surface area contributed by atoms with Gasteiger partial charge in [0.25, 0.3) is 5.91 Å². The molecule has 0 aliphatic carbocycles. The van der Waals surface area contributed by atoms with Gasteiger partial charge in [0.15, 0.2) is 11.5 Å². The maximum Gasteiger partial charge on any atom is 0.309 e. The van der Waals surface area contributed by atoms with Crippen LogP contribution in [0.25, 0.3) is 0 Å². The summed E-state index contributed by atoms with van der Waals surface area (Å²) in [7, 11) is -3.73. The van der Waals surface area contributed by atoms with Crippen LogP contribution in [-0.2, 0) is 24.3 Å². The number of sulfonamides is 1. The summed E-state index contributed by atoms with van der Waals surface area (Å²) in [5.74, 6) is 0.0619. The topological polar surface area (TPSA) is 102 Å². The Hall–Kier alpha value is -2.33. The molecule has 3 aliphatic rings. The van der Waals surface area contributed by atoms with Gasteiger partial charge in [0.2, 0.25) is 16.1 Å². The molecule has 0 unspecified atom stereocenters. The molecule has 4 rings (SSSR count). The minimum Gasteiger partial charge on any atom is -0.485 e. The van der Waals surface area contributed by atoms with E-state index in [4.69, 9.17) is 14.2 Å². The Balaban J connectivity index is 1.41. The quantitative estimate of drug-likeness (QED) is 0.610. The molecule has 0 spiro atoms.